The molecule has 0 unspecified atom stereocenters. The van der Waals surface area contributed by atoms with Crippen molar-refractivity contribution >= 4 is 23.4 Å². The Morgan fingerprint density at radius 2 is 1.81 bits per heavy atom. The van der Waals surface area contributed by atoms with Crippen molar-refractivity contribution in [2.45, 2.75) is 35.7 Å². The molecular weight excluding hydrogens is 351 g/mol. The first kappa shape index (κ1) is 18.7. The fraction of sp³-hybridized carbons (Fsp3) is 0.350. The number of hydrogen-bond acceptors (Lipinski definition) is 4. The zero-order valence-corrected chi connectivity index (χ0v) is 15.7. The fourth-order valence-corrected chi connectivity index (χ4v) is 4.30. The number of nitrogens with zero attached hydrogens (tertiary/aromatic N) is 2. The van der Waals surface area contributed by atoms with Gasteiger partial charge in [-0.2, -0.15) is 0 Å². The molecule has 1 heterocycles. The van der Waals surface area contributed by atoms with Gasteiger partial charge >= 0.3 is 5.97 Å². The molecule has 0 saturated carbocycles. The lowest BCUT2D eigenvalue weighted by Crippen LogP contribution is -2.57. The number of rotatable bonds is 5. The minimum absolute atomic E-state index is 0.0747. The maximum atomic E-state index is 13.2. The Kier molecular flexibility index (Phi) is 5.84. The third-order valence-electron chi connectivity index (χ3n) is 4.67. The Morgan fingerprint density at radius 3 is 2.50 bits per heavy atom. The van der Waals surface area contributed by atoms with Gasteiger partial charge < -0.3 is 10.0 Å². The summed E-state index contributed by atoms with van der Waals surface area (Å²) in [6.45, 7) is 5.75. The highest BCUT2D eigenvalue weighted by Crippen LogP contribution is 2.37. The van der Waals surface area contributed by atoms with E-state index < -0.39 is 5.97 Å². The molecule has 2 aromatic rings. The number of hydrogen-bond donors (Lipinski definition) is 1. The molecule has 1 aliphatic heterocycles. The molecule has 0 amide bonds. The van der Waals surface area contributed by atoms with Crippen LogP contribution in [0.15, 0.2) is 58.3 Å². The van der Waals surface area contributed by atoms with Gasteiger partial charge in [0.25, 0.3) is 0 Å². The second kappa shape index (κ2) is 8.10. The standard InChI is InChI=1S/C20H23FN2O2S/c1-14-12-23(15(2)11-22(14)13-20(24)25)18-5-3-4-6-19(18)26-17-9-7-16(21)8-10-17/h3-10,14-15H,11-13H2,1-2H3,(H,24,25)/t14-,15+/m0/s1. The summed E-state index contributed by atoms with van der Waals surface area (Å²) in [7, 11) is 0. The van der Waals surface area contributed by atoms with Crippen molar-refractivity contribution in [1.29, 1.82) is 0 Å². The molecule has 1 aliphatic rings. The maximum absolute atomic E-state index is 13.2. The van der Waals surface area contributed by atoms with Gasteiger partial charge in [-0.1, -0.05) is 23.9 Å². The molecule has 0 aliphatic carbocycles. The van der Waals surface area contributed by atoms with E-state index >= 15 is 0 Å². The first-order valence-corrected chi connectivity index (χ1v) is 9.50. The Balaban J connectivity index is 1.81. The first-order valence-electron chi connectivity index (χ1n) is 8.69. The number of carbonyl (C=O) groups is 1. The molecule has 2 aromatic carbocycles. The summed E-state index contributed by atoms with van der Waals surface area (Å²) in [6, 6.07) is 15.1. The van der Waals surface area contributed by atoms with E-state index in [2.05, 4.69) is 30.9 Å². The molecule has 0 spiro atoms. The van der Waals surface area contributed by atoms with E-state index in [0.717, 1.165) is 22.0 Å². The van der Waals surface area contributed by atoms with Gasteiger partial charge in [0.2, 0.25) is 0 Å². The summed E-state index contributed by atoms with van der Waals surface area (Å²) >= 11 is 1.62. The Morgan fingerprint density at radius 1 is 1.12 bits per heavy atom. The largest absolute Gasteiger partial charge is 0.480 e. The summed E-state index contributed by atoms with van der Waals surface area (Å²) in [5.74, 6) is -1.02. The van der Waals surface area contributed by atoms with Crippen molar-refractivity contribution in [1.82, 2.24) is 4.90 Å². The van der Waals surface area contributed by atoms with Crippen LogP contribution in [0.4, 0.5) is 10.1 Å². The van der Waals surface area contributed by atoms with Crippen LogP contribution in [-0.2, 0) is 4.79 Å². The average molecular weight is 374 g/mol. The van der Waals surface area contributed by atoms with Gasteiger partial charge in [0.1, 0.15) is 5.82 Å². The molecule has 3 rings (SSSR count). The van der Waals surface area contributed by atoms with Crippen molar-refractivity contribution in [3.8, 4) is 0 Å². The highest BCUT2D eigenvalue weighted by molar-refractivity contribution is 7.99. The molecule has 138 valence electrons. The average Bonchev–Trinajstić information content (AvgIpc) is 2.60. The van der Waals surface area contributed by atoms with Gasteiger partial charge in [-0.3, -0.25) is 9.69 Å². The van der Waals surface area contributed by atoms with Crippen LogP contribution in [0.3, 0.4) is 0 Å². The molecule has 4 nitrogen and oxygen atoms in total. The highest BCUT2D eigenvalue weighted by Gasteiger charge is 2.31. The summed E-state index contributed by atoms with van der Waals surface area (Å²) in [5.41, 5.74) is 1.14. The van der Waals surface area contributed by atoms with Crippen LogP contribution in [-0.4, -0.2) is 47.7 Å². The van der Waals surface area contributed by atoms with Gasteiger partial charge in [0.05, 0.1) is 12.2 Å². The summed E-state index contributed by atoms with van der Waals surface area (Å²) in [4.78, 5) is 17.5. The molecule has 0 radical (unpaired) electrons. The molecule has 1 fully saturated rings. The van der Waals surface area contributed by atoms with Crippen molar-refractivity contribution in [3.05, 3.63) is 54.3 Å². The zero-order valence-electron chi connectivity index (χ0n) is 14.9. The van der Waals surface area contributed by atoms with Crippen molar-refractivity contribution < 1.29 is 14.3 Å². The van der Waals surface area contributed by atoms with Gasteiger partial charge in [0, 0.05) is 35.0 Å². The number of anilines is 1. The van der Waals surface area contributed by atoms with Crippen molar-refractivity contribution in [2.24, 2.45) is 0 Å². The third kappa shape index (κ3) is 4.37. The molecule has 1 N–H and O–H groups in total. The van der Waals surface area contributed by atoms with Gasteiger partial charge in [-0.15, -0.1) is 0 Å². The van der Waals surface area contributed by atoms with E-state index in [1.807, 2.05) is 17.0 Å². The number of aliphatic carboxylic acids is 1. The van der Waals surface area contributed by atoms with E-state index in [-0.39, 0.29) is 24.4 Å². The minimum Gasteiger partial charge on any atom is -0.480 e. The van der Waals surface area contributed by atoms with Gasteiger partial charge in [-0.05, 0) is 50.2 Å². The zero-order chi connectivity index (χ0) is 18.7. The summed E-state index contributed by atoms with van der Waals surface area (Å²) < 4.78 is 13.2. The maximum Gasteiger partial charge on any atom is 0.317 e. The van der Waals surface area contributed by atoms with Crippen LogP contribution < -0.4 is 4.90 Å². The summed E-state index contributed by atoms with van der Waals surface area (Å²) in [5, 5.41) is 9.10. The van der Waals surface area contributed by atoms with Crippen LogP contribution in [0.25, 0.3) is 0 Å². The smallest absolute Gasteiger partial charge is 0.317 e. The van der Waals surface area contributed by atoms with Crippen LogP contribution >= 0.6 is 11.8 Å². The second-order valence-electron chi connectivity index (χ2n) is 6.70. The molecule has 2 atom stereocenters. The van der Waals surface area contributed by atoms with Crippen LogP contribution in [0.5, 0.6) is 0 Å². The second-order valence-corrected chi connectivity index (χ2v) is 7.81. The van der Waals surface area contributed by atoms with Gasteiger partial charge in [0.15, 0.2) is 0 Å². The van der Waals surface area contributed by atoms with Crippen LogP contribution in [0, 0.1) is 5.82 Å². The Labute approximate surface area is 157 Å². The normalized spacial score (nSPS) is 21.0. The molecule has 1 saturated heterocycles. The highest BCUT2D eigenvalue weighted by atomic mass is 32.2. The molecular formula is C20H23FN2O2S. The number of carboxylic acids is 1. The van der Waals surface area contributed by atoms with Crippen molar-refractivity contribution in [2.75, 3.05) is 24.5 Å². The van der Waals surface area contributed by atoms with E-state index in [9.17, 15) is 9.18 Å². The third-order valence-corrected chi connectivity index (χ3v) is 5.74. The number of benzene rings is 2. The van der Waals surface area contributed by atoms with E-state index in [4.69, 9.17) is 5.11 Å². The number of piperazine rings is 1. The predicted molar refractivity (Wildman–Crippen MR) is 102 cm³/mol. The van der Waals surface area contributed by atoms with E-state index in [0.29, 0.717) is 6.54 Å². The first-order chi connectivity index (χ1) is 12.4. The quantitative estimate of drug-likeness (QED) is 0.858. The Bertz CT molecular complexity index is 769. The van der Waals surface area contributed by atoms with Crippen molar-refractivity contribution in [3.63, 3.8) is 0 Å². The summed E-state index contributed by atoms with van der Waals surface area (Å²) in [6.07, 6.45) is 0. The molecule has 6 heteroatoms. The number of carboxylic acid groups (broad SMARTS) is 1. The number of halogens is 1. The fourth-order valence-electron chi connectivity index (χ4n) is 3.34. The van der Waals surface area contributed by atoms with E-state index in [1.165, 1.54) is 12.1 Å². The monoisotopic (exact) mass is 374 g/mol. The molecule has 0 aromatic heterocycles. The lowest BCUT2D eigenvalue weighted by atomic mass is 10.1. The topological polar surface area (TPSA) is 43.8 Å². The minimum atomic E-state index is -0.787. The van der Waals surface area contributed by atoms with Crippen LogP contribution in [0.2, 0.25) is 0 Å². The van der Waals surface area contributed by atoms with E-state index in [1.54, 1.807) is 23.9 Å². The van der Waals surface area contributed by atoms with Crippen LogP contribution in [0.1, 0.15) is 13.8 Å². The van der Waals surface area contributed by atoms with Gasteiger partial charge in [-0.25, -0.2) is 4.39 Å². The number of para-hydroxylation sites is 1. The predicted octanol–water partition coefficient (Wildman–Crippen LogP) is 3.96. The molecule has 26 heavy (non-hydrogen) atoms. The lowest BCUT2D eigenvalue weighted by molar-refractivity contribution is -0.139. The Hall–Kier alpha value is -2.05. The SMILES string of the molecule is C[C@@H]1CN(CC(=O)O)[C@@H](C)CN1c1ccccc1Sc1ccc(F)cc1. The molecule has 0 bridgehead atoms. The lowest BCUT2D eigenvalue weighted by Gasteiger charge is -2.45.